The first-order chi connectivity index (χ1) is 11.3. The van der Waals surface area contributed by atoms with Gasteiger partial charge in [-0.05, 0) is 24.4 Å². The zero-order valence-corrected chi connectivity index (χ0v) is 15.7. The van der Waals surface area contributed by atoms with Crippen molar-refractivity contribution in [3.05, 3.63) is 36.5 Å². The Kier molecular flexibility index (Phi) is 6.46. The minimum Gasteiger partial charge on any atom is -0.339 e. The van der Waals surface area contributed by atoms with Gasteiger partial charge in [-0.25, -0.2) is 0 Å². The van der Waals surface area contributed by atoms with Crippen LogP contribution in [0.15, 0.2) is 36.5 Å². The van der Waals surface area contributed by atoms with Crippen molar-refractivity contribution in [3.8, 4) is 0 Å². The maximum atomic E-state index is 11.6. The molecule has 0 aliphatic heterocycles. The molecule has 0 saturated carbocycles. The van der Waals surface area contributed by atoms with Crippen molar-refractivity contribution in [2.45, 2.75) is 23.3 Å². The monoisotopic (exact) mass is 404 g/mol. The van der Waals surface area contributed by atoms with E-state index in [1.165, 1.54) is 0 Å². The second-order valence-electron chi connectivity index (χ2n) is 4.87. The van der Waals surface area contributed by atoms with Gasteiger partial charge in [0.15, 0.2) is 5.11 Å². The summed E-state index contributed by atoms with van der Waals surface area (Å²) in [6.45, 7) is 1.70. The number of aromatic nitrogens is 1. The number of hydrogen-bond donors (Lipinski definition) is 3. The smallest absolute Gasteiger partial charge is 0.228 e. The number of hydrogen-bond acceptors (Lipinski definition) is 3. The lowest BCUT2D eigenvalue weighted by atomic mass is 10.2. The molecular weight excluding hydrogens is 391 g/mol. The largest absolute Gasteiger partial charge is 0.339 e. The van der Waals surface area contributed by atoms with Gasteiger partial charge in [-0.3, -0.25) is 9.78 Å². The summed E-state index contributed by atoms with van der Waals surface area (Å²) >= 11 is 22.9. The minimum absolute atomic E-state index is 0.195. The number of thiocarbonyl (C=S) groups is 1. The molecule has 1 atom stereocenters. The van der Waals surface area contributed by atoms with Gasteiger partial charge >= 0.3 is 0 Å². The fraction of sp³-hybridized carbons (Fsp3) is 0.267. The molecule has 0 spiro atoms. The number of carbonyl (C=O) groups is 1. The van der Waals surface area contributed by atoms with Crippen molar-refractivity contribution in [1.82, 2.24) is 15.6 Å². The van der Waals surface area contributed by atoms with Gasteiger partial charge in [0.2, 0.25) is 9.70 Å². The molecule has 3 N–H and O–H groups in total. The Bertz CT molecular complexity index is 746. The average molecular weight is 406 g/mol. The van der Waals surface area contributed by atoms with Crippen LogP contribution >= 0.6 is 47.0 Å². The van der Waals surface area contributed by atoms with Crippen LogP contribution in [-0.4, -0.2) is 26.0 Å². The summed E-state index contributed by atoms with van der Waals surface area (Å²) in [7, 11) is 0. The van der Waals surface area contributed by atoms with Crippen molar-refractivity contribution in [2.24, 2.45) is 0 Å². The molecule has 1 aromatic carbocycles. The topological polar surface area (TPSA) is 66.1 Å². The molecule has 24 heavy (non-hydrogen) atoms. The molecule has 0 unspecified atom stereocenters. The fourth-order valence-corrected chi connectivity index (χ4v) is 2.51. The first-order valence-corrected chi connectivity index (χ1v) is 8.63. The third kappa shape index (κ3) is 5.08. The third-order valence-corrected chi connectivity index (χ3v) is 3.98. The standard InChI is InChI=1S/C15H15Cl3N4OS/c1-2-11(23)21-13(15(16,17)18)22-14(24)20-10-7-3-5-9-6-4-8-19-12(9)10/h3-8,13H,2H2,1H3,(H,21,23)(H2,20,22,24)/t13-/m0/s1. The fourth-order valence-electron chi connectivity index (χ4n) is 1.96. The first kappa shape index (κ1) is 19.0. The molecule has 2 aromatic rings. The van der Waals surface area contributed by atoms with E-state index < -0.39 is 9.96 Å². The summed E-state index contributed by atoms with van der Waals surface area (Å²) in [5.41, 5.74) is 1.46. The molecule has 0 fully saturated rings. The lowest BCUT2D eigenvalue weighted by molar-refractivity contribution is -0.121. The predicted octanol–water partition coefficient (Wildman–Crippen LogP) is 3.74. The van der Waals surface area contributed by atoms with Gasteiger partial charge in [-0.2, -0.15) is 0 Å². The molecule has 9 heteroatoms. The maximum absolute atomic E-state index is 11.6. The zero-order chi connectivity index (χ0) is 17.7. The van der Waals surface area contributed by atoms with Crippen LogP contribution < -0.4 is 16.0 Å². The van der Waals surface area contributed by atoms with Crippen molar-refractivity contribution in [3.63, 3.8) is 0 Å². The van der Waals surface area contributed by atoms with Crippen LogP contribution in [0.1, 0.15) is 13.3 Å². The highest BCUT2D eigenvalue weighted by molar-refractivity contribution is 7.80. The Balaban J connectivity index is 2.14. The van der Waals surface area contributed by atoms with Crippen molar-refractivity contribution < 1.29 is 4.79 Å². The van der Waals surface area contributed by atoms with Crippen LogP contribution in [0.25, 0.3) is 10.9 Å². The highest BCUT2D eigenvalue weighted by Gasteiger charge is 2.34. The quantitative estimate of drug-likeness (QED) is 0.411. The molecule has 0 radical (unpaired) electrons. The summed E-state index contributed by atoms with van der Waals surface area (Å²) < 4.78 is -1.77. The average Bonchev–Trinajstić information content (AvgIpc) is 2.53. The molecule has 1 aromatic heterocycles. The van der Waals surface area contributed by atoms with Crippen LogP contribution in [0, 0.1) is 0 Å². The zero-order valence-electron chi connectivity index (χ0n) is 12.6. The number of amides is 1. The van der Waals surface area contributed by atoms with Crippen LogP contribution in [0.5, 0.6) is 0 Å². The maximum Gasteiger partial charge on any atom is 0.228 e. The number of para-hydroxylation sites is 1. The Morgan fingerprint density at radius 3 is 2.62 bits per heavy atom. The molecule has 0 saturated heterocycles. The van der Waals surface area contributed by atoms with E-state index in [1.807, 2.05) is 30.3 Å². The van der Waals surface area contributed by atoms with E-state index in [4.69, 9.17) is 47.0 Å². The molecule has 5 nitrogen and oxygen atoms in total. The van der Waals surface area contributed by atoms with Crippen molar-refractivity contribution in [1.29, 1.82) is 0 Å². The van der Waals surface area contributed by atoms with Gasteiger partial charge in [0.25, 0.3) is 0 Å². The third-order valence-electron chi connectivity index (χ3n) is 3.11. The van der Waals surface area contributed by atoms with E-state index in [0.29, 0.717) is 5.69 Å². The van der Waals surface area contributed by atoms with Crippen molar-refractivity contribution in [2.75, 3.05) is 5.32 Å². The molecule has 2 rings (SSSR count). The molecule has 0 bridgehead atoms. The van der Waals surface area contributed by atoms with E-state index in [1.54, 1.807) is 13.1 Å². The lowest BCUT2D eigenvalue weighted by Gasteiger charge is -2.27. The molecule has 0 aliphatic carbocycles. The number of benzene rings is 1. The highest BCUT2D eigenvalue weighted by Crippen LogP contribution is 2.29. The predicted molar refractivity (Wildman–Crippen MR) is 104 cm³/mol. The van der Waals surface area contributed by atoms with E-state index in [0.717, 1.165) is 10.9 Å². The molecular formula is C15H15Cl3N4OS. The number of nitrogens with zero attached hydrogens (tertiary/aromatic N) is 1. The number of fused-ring (bicyclic) bond motifs is 1. The van der Waals surface area contributed by atoms with Crippen LogP contribution in [0.2, 0.25) is 0 Å². The Hall–Kier alpha value is -1.34. The van der Waals surface area contributed by atoms with Crippen LogP contribution in [0.3, 0.4) is 0 Å². The SMILES string of the molecule is CCC(=O)N[C@@H](NC(=S)Nc1cccc2cccnc12)C(Cl)(Cl)Cl. The summed E-state index contributed by atoms with van der Waals surface area (Å²) in [6, 6.07) is 9.44. The van der Waals surface area contributed by atoms with Gasteiger partial charge in [-0.15, -0.1) is 0 Å². The van der Waals surface area contributed by atoms with Crippen LogP contribution in [-0.2, 0) is 4.79 Å². The number of pyridine rings is 1. The summed E-state index contributed by atoms with van der Waals surface area (Å²) in [6.07, 6.45) is 0.972. The van der Waals surface area contributed by atoms with Crippen LogP contribution in [0.4, 0.5) is 5.69 Å². The number of halogens is 3. The van der Waals surface area contributed by atoms with E-state index in [9.17, 15) is 4.79 Å². The highest BCUT2D eigenvalue weighted by atomic mass is 35.6. The molecule has 1 heterocycles. The molecule has 128 valence electrons. The van der Waals surface area contributed by atoms with E-state index in [-0.39, 0.29) is 17.4 Å². The lowest BCUT2D eigenvalue weighted by Crippen LogP contribution is -2.56. The Morgan fingerprint density at radius 1 is 1.25 bits per heavy atom. The normalized spacial score (nSPS) is 12.5. The molecule has 0 aliphatic rings. The van der Waals surface area contributed by atoms with Gasteiger partial charge in [0.1, 0.15) is 6.17 Å². The first-order valence-electron chi connectivity index (χ1n) is 7.08. The summed E-state index contributed by atoms with van der Waals surface area (Å²) in [5.74, 6) is -0.270. The summed E-state index contributed by atoms with van der Waals surface area (Å²) in [5, 5.41) is 9.54. The number of anilines is 1. The van der Waals surface area contributed by atoms with Gasteiger partial charge < -0.3 is 16.0 Å². The molecule has 1 amide bonds. The van der Waals surface area contributed by atoms with E-state index >= 15 is 0 Å². The Labute approximate surface area is 160 Å². The number of rotatable bonds is 4. The number of carbonyl (C=O) groups excluding carboxylic acids is 1. The second-order valence-corrected chi connectivity index (χ2v) is 7.65. The second kappa shape index (κ2) is 8.16. The van der Waals surface area contributed by atoms with Gasteiger partial charge in [-0.1, -0.05) is 59.9 Å². The minimum atomic E-state index is -1.77. The number of nitrogens with one attached hydrogen (secondary N) is 3. The van der Waals surface area contributed by atoms with Gasteiger partial charge in [0, 0.05) is 18.0 Å². The number of alkyl halides is 3. The van der Waals surface area contributed by atoms with E-state index in [2.05, 4.69) is 20.9 Å². The van der Waals surface area contributed by atoms with Crippen molar-refractivity contribution >= 4 is 74.6 Å². The summed E-state index contributed by atoms with van der Waals surface area (Å²) in [4.78, 5) is 15.9. The van der Waals surface area contributed by atoms with Gasteiger partial charge in [0.05, 0.1) is 11.2 Å². The Morgan fingerprint density at radius 2 is 1.96 bits per heavy atom.